The van der Waals surface area contributed by atoms with Crippen LogP contribution in [-0.2, 0) is 15.6 Å². The number of carbonyl (C=O) groups is 1. The zero-order chi connectivity index (χ0) is 16.1. The molecule has 0 heterocycles. The van der Waals surface area contributed by atoms with Gasteiger partial charge in [-0.3, -0.25) is 9.00 Å². The fourth-order valence-electron chi connectivity index (χ4n) is 1.82. The second-order valence-electron chi connectivity index (χ2n) is 4.44. The van der Waals surface area contributed by atoms with E-state index >= 15 is 0 Å². The molecule has 1 unspecified atom stereocenters. The first kappa shape index (κ1) is 16.4. The van der Waals surface area contributed by atoms with Crippen molar-refractivity contribution in [2.75, 3.05) is 11.6 Å². The summed E-state index contributed by atoms with van der Waals surface area (Å²) in [6.45, 7) is 0. The van der Waals surface area contributed by atoms with Crippen molar-refractivity contribution in [3.8, 4) is 0 Å². The topological polar surface area (TPSA) is 46.2 Å². The minimum Gasteiger partial charge on any atom is -0.321 e. The van der Waals surface area contributed by atoms with E-state index in [-0.39, 0.29) is 5.82 Å². The molecule has 0 fully saturated rings. The molecule has 1 amide bonds. The summed E-state index contributed by atoms with van der Waals surface area (Å²) in [5.41, 5.74) is 1.10. The number of benzene rings is 2. The van der Waals surface area contributed by atoms with Crippen molar-refractivity contribution in [2.45, 2.75) is 4.90 Å². The molecule has 0 aliphatic heterocycles. The fourth-order valence-corrected chi connectivity index (χ4v) is 3.09. The van der Waals surface area contributed by atoms with Crippen molar-refractivity contribution in [3.05, 3.63) is 64.9 Å². The van der Waals surface area contributed by atoms with E-state index in [0.717, 1.165) is 0 Å². The normalized spacial score (nSPS) is 12.3. The van der Waals surface area contributed by atoms with Crippen molar-refractivity contribution in [2.24, 2.45) is 0 Å². The molecule has 0 radical (unpaired) electrons. The molecule has 0 aliphatic carbocycles. The first-order valence-electron chi connectivity index (χ1n) is 6.34. The summed E-state index contributed by atoms with van der Waals surface area (Å²) in [7, 11) is -1.32. The van der Waals surface area contributed by atoms with Gasteiger partial charge in [0.15, 0.2) is 0 Å². The van der Waals surface area contributed by atoms with Gasteiger partial charge in [0.1, 0.15) is 5.82 Å². The predicted octanol–water partition coefficient (Wildman–Crippen LogP) is 3.87. The van der Waals surface area contributed by atoms with Gasteiger partial charge in [-0.1, -0.05) is 29.8 Å². The highest BCUT2D eigenvalue weighted by atomic mass is 35.5. The summed E-state index contributed by atoms with van der Waals surface area (Å²) in [5.74, 6) is -0.728. The lowest BCUT2D eigenvalue weighted by atomic mass is 10.2. The Morgan fingerprint density at radius 1 is 1.23 bits per heavy atom. The highest BCUT2D eigenvalue weighted by molar-refractivity contribution is 7.84. The second kappa shape index (κ2) is 7.33. The van der Waals surface area contributed by atoms with Crippen LogP contribution in [0.2, 0.25) is 5.02 Å². The number of anilines is 1. The lowest BCUT2D eigenvalue weighted by Gasteiger charge is -2.09. The van der Waals surface area contributed by atoms with E-state index in [4.69, 9.17) is 11.6 Å². The molecule has 2 aromatic rings. The van der Waals surface area contributed by atoms with Crippen molar-refractivity contribution in [1.82, 2.24) is 0 Å². The molecular weight excluding hydrogens is 325 g/mol. The summed E-state index contributed by atoms with van der Waals surface area (Å²) >= 11 is 6.00. The molecular formula is C16H13ClFNO2S. The van der Waals surface area contributed by atoms with E-state index in [1.165, 1.54) is 24.5 Å². The van der Waals surface area contributed by atoms with Crippen LogP contribution in [0.1, 0.15) is 5.56 Å². The number of amides is 1. The van der Waals surface area contributed by atoms with E-state index < -0.39 is 16.7 Å². The number of nitrogens with one attached hydrogen (secondary N) is 1. The van der Waals surface area contributed by atoms with Crippen molar-refractivity contribution in [3.63, 3.8) is 0 Å². The van der Waals surface area contributed by atoms with Crippen LogP contribution in [0, 0.1) is 5.82 Å². The maximum Gasteiger partial charge on any atom is 0.248 e. The molecule has 114 valence electrons. The molecule has 0 saturated carbocycles. The Bertz CT molecular complexity index is 744. The van der Waals surface area contributed by atoms with E-state index in [0.29, 0.717) is 21.2 Å². The molecule has 0 aliphatic rings. The number of hydrogen-bond donors (Lipinski definition) is 1. The van der Waals surface area contributed by atoms with Gasteiger partial charge in [-0.05, 0) is 35.9 Å². The maximum absolute atomic E-state index is 12.8. The van der Waals surface area contributed by atoms with Crippen LogP contribution in [0.4, 0.5) is 10.1 Å². The fraction of sp³-hybridized carbons (Fsp3) is 0.0625. The predicted molar refractivity (Wildman–Crippen MR) is 87.8 cm³/mol. The third-order valence-electron chi connectivity index (χ3n) is 2.81. The first-order valence-corrected chi connectivity index (χ1v) is 8.27. The molecule has 0 aromatic heterocycles. The molecule has 1 atom stereocenters. The zero-order valence-electron chi connectivity index (χ0n) is 11.7. The minimum absolute atomic E-state index is 0.334. The quantitative estimate of drug-likeness (QED) is 0.861. The number of rotatable bonds is 4. The molecule has 0 spiro atoms. The number of carbonyl (C=O) groups excluding carboxylic acids is 1. The summed E-state index contributed by atoms with van der Waals surface area (Å²) < 4.78 is 24.5. The van der Waals surface area contributed by atoms with Gasteiger partial charge in [0.25, 0.3) is 0 Å². The molecule has 3 nitrogen and oxygen atoms in total. The third-order valence-corrected chi connectivity index (χ3v) is 4.25. The highest BCUT2D eigenvalue weighted by Crippen LogP contribution is 2.27. The first-order chi connectivity index (χ1) is 10.5. The van der Waals surface area contributed by atoms with Gasteiger partial charge in [0.05, 0.1) is 26.4 Å². The highest BCUT2D eigenvalue weighted by Gasteiger charge is 2.11. The third kappa shape index (κ3) is 4.26. The van der Waals surface area contributed by atoms with Gasteiger partial charge < -0.3 is 5.32 Å². The van der Waals surface area contributed by atoms with Crippen molar-refractivity contribution in [1.29, 1.82) is 0 Å². The Hall–Kier alpha value is -1.98. The van der Waals surface area contributed by atoms with E-state index in [9.17, 15) is 13.4 Å². The van der Waals surface area contributed by atoms with Gasteiger partial charge in [-0.15, -0.1) is 0 Å². The van der Waals surface area contributed by atoms with Gasteiger partial charge in [-0.2, -0.15) is 0 Å². The van der Waals surface area contributed by atoms with Gasteiger partial charge in [0.2, 0.25) is 5.91 Å². The summed E-state index contributed by atoms with van der Waals surface area (Å²) in [5, 5.41) is 2.97. The Morgan fingerprint density at radius 2 is 1.91 bits per heavy atom. The van der Waals surface area contributed by atoms with Gasteiger partial charge >= 0.3 is 0 Å². The van der Waals surface area contributed by atoms with E-state index in [1.54, 1.807) is 36.4 Å². The standard InChI is InChI=1S/C16H13ClFNO2S/c1-22(21)16-13(17)3-2-4-14(16)19-15(20)10-7-11-5-8-12(18)9-6-11/h2-10H,1H3,(H,19,20). The average molecular weight is 338 g/mol. The molecule has 6 heteroatoms. The monoisotopic (exact) mass is 337 g/mol. The Kier molecular flexibility index (Phi) is 5.46. The van der Waals surface area contributed by atoms with Crippen LogP contribution >= 0.6 is 11.6 Å². The summed E-state index contributed by atoms with van der Waals surface area (Å²) in [4.78, 5) is 12.3. The van der Waals surface area contributed by atoms with Gasteiger partial charge in [-0.25, -0.2) is 4.39 Å². The molecule has 0 bridgehead atoms. The SMILES string of the molecule is CS(=O)c1c(Cl)cccc1NC(=O)C=Cc1ccc(F)cc1. The van der Waals surface area contributed by atoms with Crippen molar-refractivity contribution >= 4 is 40.1 Å². The van der Waals surface area contributed by atoms with Gasteiger partial charge in [0, 0.05) is 12.3 Å². The smallest absolute Gasteiger partial charge is 0.248 e. The lowest BCUT2D eigenvalue weighted by Crippen LogP contribution is -2.10. The second-order valence-corrected chi connectivity index (χ2v) is 6.17. The average Bonchev–Trinajstić information content (AvgIpc) is 2.46. The number of hydrogen-bond acceptors (Lipinski definition) is 2. The Morgan fingerprint density at radius 3 is 2.55 bits per heavy atom. The lowest BCUT2D eigenvalue weighted by molar-refractivity contribution is -0.111. The molecule has 2 rings (SSSR count). The van der Waals surface area contributed by atoms with Crippen molar-refractivity contribution < 1.29 is 13.4 Å². The summed E-state index contributed by atoms with van der Waals surface area (Å²) in [6, 6.07) is 10.7. The van der Waals surface area contributed by atoms with Crippen LogP contribution in [0.3, 0.4) is 0 Å². The molecule has 1 N–H and O–H groups in total. The Labute approximate surface area is 135 Å². The largest absolute Gasteiger partial charge is 0.321 e. The van der Waals surface area contributed by atoms with Crippen LogP contribution < -0.4 is 5.32 Å². The molecule has 0 saturated heterocycles. The summed E-state index contributed by atoms with van der Waals surface area (Å²) in [6.07, 6.45) is 4.36. The minimum atomic E-state index is -1.32. The maximum atomic E-state index is 12.8. The Balaban J connectivity index is 2.14. The molecule has 2 aromatic carbocycles. The van der Waals surface area contributed by atoms with E-state index in [1.807, 2.05) is 0 Å². The van der Waals surface area contributed by atoms with Crippen LogP contribution in [0.15, 0.2) is 53.4 Å². The molecule has 22 heavy (non-hydrogen) atoms. The van der Waals surface area contributed by atoms with Crippen LogP contribution in [0.25, 0.3) is 6.08 Å². The van der Waals surface area contributed by atoms with E-state index in [2.05, 4.69) is 5.32 Å². The van der Waals surface area contributed by atoms with Crippen LogP contribution in [0.5, 0.6) is 0 Å². The van der Waals surface area contributed by atoms with Crippen LogP contribution in [-0.4, -0.2) is 16.4 Å². The number of halogens is 2. The zero-order valence-corrected chi connectivity index (χ0v) is 13.2.